The van der Waals surface area contributed by atoms with Crippen LogP contribution < -0.4 is 0 Å². The van der Waals surface area contributed by atoms with Gasteiger partial charge in [0, 0.05) is 0 Å². The molecule has 0 atom stereocenters. The molecule has 0 aliphatic heterocycles. The van der Waals surface area contributed by atoms with Crippen LogP contribution >= 0.6 is 8.60 Å². The Bertz CT molecular complexity index is 280. The standard InChI is InChI=1S/C15H27O3P/c1-10-13(4,5)16-19(17-14(6,7)11-2)18-15(8,9)12-3/h10-12H,1-3H2,4-9H3. The molecule has 0 saturated carbocycles. The van der Waals surface area contributed by atoms with E-state index in [4.69, 9.17) is 13.6 Å². The molecule has 0 rings (SSSR count). The molecular weight excluding hydrogens is 259 g/mol. The molecular formula is C15H27O3P. The van der Waals surface area contributed by atoms with E-state index in [2.05, 4.69) is 19.7 Å². The van der Waals surface area contributed by atoms with Gasteiger partial charge in [0.25, 0.3) is 0 Å². The summed E-state index contributed by atoms with van der Waals surface area (Å²) in [6, 6.07) is 0. The first kappa shape index (κ1) is 18.5. The van der Waals surface area contributed by atoms with Crippen molar-refractivity contribution < 1.29 is 13.6 Å². The molecule has 0 aliphatic rings. The molecule has 4 heteroatoms. The zero-order chi connectivity index (χ0) is 15.3. The molecule has 0 radical (unpaired) electrons. The molecule has 19 heavy (non-hydrogen) atoms. The van der Waals surface area contributed by atoms with Crippen molar-refractivity contribution in [2.75, 3.05) is 0 Å². The predicted molar refractivity (Wildman–Crippen MR) is 83.0 cm³/mol. The highest BCUT2D eigenvalue weighted by atomic mass is 31.2. The van der Waals surface area contributed by atoms with Crippen LogP contribution in [0.4, 0.5) is 0 Å². The van der Waals surface area contributed by atoms with E-state index in [1.54, 1.807) is 18.2 Å². The van der Waals surface area contributed by atoms with Gasteiger partial charge in [-0.3, -0.25) is 0 Å². The van der Waals surface area contributed by atoms with Gasteiger partial charge in [0.1, 0.15) is 0 Å². The molecule has 3 nitrogen and oxygen atoms in total. The maximum absolute atomic E-state index is 5.87. The molecule has 0 bridgehead atoms. The average molecular weight is 286 g/mol. The summed E-state index contributed by atoms with van der Waals surface area (Å²) in [6.45, 7) is 22.7. The second-order valence-electron chi connectivity index (χ2n) is 5.92. The minimum Gasteiger partial charge on any atom is -0.302 e. The molecule has 0 aromatic rings. The number of hydrogen-bond acceptors (Lipinski definition) is 3. The summed E-state index contributed by atoms with van der Waals surface area (Å²) in [4.78, 5) is 0. The fourth-order valence-electron chi connectivity index (χ4n) is 0.744. The van der Waals surface area contributed by atoms with E-state index in [-0.39, 0.29) is 0 Å². The van der Waals surface area contributed by atoms with E-state index >= 15 is 0 Å². The van der Waals surface area contributed by atoms with Crippen LogP contribution in [0.25, 0.3) is 0 Å². The Kier molecular flexibility index (Phi) is 6.64. The molecule has 0 fully saturated rings. The van der Waals surface area contributed by atoms with Gasteiger partial charge < -0.3 is 13.6 Å². The highest BCUT2D eigenvalue weighted by molar-refractivity contribution is 7.41. The van der Waals surface area contributed by atoms with Gasteiger partial charge in [0.2, 0.25) is 0 Å². The lowest BCUT2D eigenvalue weighted by Crippen LogP contribution is -2.28. The maximum Gasteiger partial charge on any atom is 0.335 e. The smallest absolute Gasteiger partial charge is 0.302 e. The third-order valence-electron chi connectivity index (χ3n) is 2.40. The first-order valence-corrected chi connectivity index (χ1v) is 7.35. The normalized spacial score (nSPS) is 13.4. The van der Waals surface area contributed by atoms with E-state index in [9.17, 15) is 0 Å². The Morgan fingerprint density at radius 1 is 0.632 bits per heavy atom. The van der Waals surface area contributed by atoms with Gasteiger partial charge in [-0.2, -0.15) is 0 Å². The van der Waals surface area contributed by atoms with Gasteiger partial charge in [-0.1, -0.05) is 18.2 Å². The highest BCUT2D eigenvalue weighted by Gasteiger charge is 2.32. The maximum atomic E-state index is 5.87. The molecule has 110 valence electrons. The van der Waals surface area contributed by atoms with Gasteiger partial charge in [0.15, 0.2) is 0 Å². The van der Waals surface area contributed by atoms with Crippen molar-refractivity contribution in [2.45, 2.75) is 58.3 Å². The van der Waals surface area contributed by atoms with E-state index in [0.29, 0.717) is 0 Å². The third-order valence-corrected chi connectivity index (χ3v) is 4.26. The summed E-state index contributed by atoms with van der Waals surface area (Å²) >= 11 is 0. The Labute approximate surface area is 119 Å². The third kappa shape index (κ3) is 7.64. The van der Waals surface area contributed by atoms with Crippen LogP contribution in [0, 0.1) is 0 Å². The van der Waals surface area contributed by atoms with Gasteiger partial charge in [-0.15, -0.1) is 19.7 Å². The molecule has 0 unspecified atom stereocenters. The van der Waals surface area contributed by atoms with Crippen molar-refractivity contribution in [3.63, 3.8) is 0 Å². The van der Waals surface area contributed by atoms with Crippen LogP contribution in [0.1, 0.15) is 41.5 Å². The van der Waals surface area contributed by atoms with Crippen molar-refractivity contribution in [3.05, 3.63) is 38.0 Å². The number of rotatable bonds is 9. The van der Waals surface area contributed by atoms with Crippen LogP contribution in [0.3, 0.4) is 0 Å². The predicted octanol–water partition coefficient (Wildman–Crippen LogP) is 5.16. The van der Waals surface area contributed by atoms with E-state index in [0.717, 1.165) is 0 Å². The van der Waals surface area contributed by atoms with Crippen LogP contribution in [-0.2, 0) is 13.6 Å². The molecule has 0 heterocycles. The van der Waals surface area contributed by atoms with E-state index < -0.39 is 25.4 Å². The molecule has 0 aliphatic carbocycles. The van der Waals surface area contributed by atoms with Crippen molar-refractivity contribution in [1.29, 1.82) is 0 Å². The number of hydrogen-bond donors (Lipinski definition) is 0. The topological polar surface area (TPSA) is 27.7 Å². The van der Waals surface area contributed by atoms with Gasteiger partial charge in [0.05, 0.1) is 16.8 Å². The molecule has 0 aromatic carbocycles. The monoisotopic (exact) mass is 286 g/mol. The zero-order valence-electron chi connectivity index (χ0n) is 13.0. The fourth-order valence-corrected chi connectivity index (χ4v) is 2.23. The minimum absolute atomic E-state index is 0.528. The fraction of sp³-hybridized carbons (Fsp3) is 0.600. The summed E-state index contributed by atoms with van der Waals surface area (Å²) in [5.74, 6) is 0. The van der Waals surface area contributed by atoms with Gasteiger partial charge >= 0.3 is 8.60 Å². The van der Waals surface area contributed by atoms with Crippen molar-refractivity contribution in [2.24, 2.45) is 0 Å². The zero-order valence-corrected chi connectivity index (χ0v) is 13.9. The Balaban J connectivity index is 4.99. The van der Waals surface area contributed by atoms with Crippen LogP contribution in [0.2, 0.25) is 0 Å². The van der Waals surface area contributed by atoms with Gasteiger partial charge in [-0.05, 0) is 41.5 Å². The van der Waals surface area contributed by atoms with Crippen molar-refractivity contribution >= 4 is 8.60 Å². The molecule has 0 spiro atoms. The molecule has 0 amide bonds. The highest BCUT2D eigenvalue weighted by Crippen LogP contribution is 2.50. The summed E-state index contributed by atoms with van der Waals surface area (Å²) in [5, 5.41) is 0. The first-order chi connectivity index (χ1) is 8.47. The lowest BCUT2D eigenvalue weighted by Gasteiger charge is -2.34. The Hall–Kier alpha value is -0.470. The summed E-state index contributed by atoms with van der Waals surface area (Å²) in [5.41, 5.74) is -1.58. The summed E-state index contributed by atoms with van der Waals surface area (Å²) < 4.78 is 17.6. The average Bonchev–Trinajstić information content (AvgIpc) is 2.27. The Morgan fingerprint density at radius 2 is 0.842 bits per heavy atom. The van der Waals surface area contributed by atoms with Gasteiger partial charge in [-0.25, -0.2) is 0 Å². The molecule has 0 aromatic heterocycles. The molecule has 0 saturated heterocycles. The van der Waals surface area contributed by atoms with Crippen LogP contribution in [0.15, 0.2) is 38.0 Å². The largest absolute Gasteiger partial charge is 0.335 e. The summed E-state index contributed by atoms with van der Waals surface area (Å²) in [7, 11) is -1.56. The SMILES string of the molecule is C=CC(C)(C)OP(OC(C)(C)C=C)OC(C)(C)C=C. The summed E-state index contributed by atoms with van der Waals surface area (Å²) in [6.07, 6.45) is 5.16. The van der Waals surface area contributed by atoms with Crippen LogP contribution in [0.5, 0.6) is 0 Å². The quantitative estimate of drug-likeness (QED) is 0.433. The lowest BCUT2D eigenvalue weighted by molar-refractivity contribution is 0.0272. The second-order valence-corrected chi connectivity index (χ2v) is 6.92. The van der Waals surface area contributed by atoms with Crippen molar-refractivity contribution in [1.82, 2.24) is 0 Å². The van der Waals surface area contributed by atoms with E-state index in [1.807, 2.05) is 41.5 Å². The second kappa shape index (κ2) is 6.81. The van der Waals surface area contributed by atoms with Crippen molar-refractivity contribution in [3.8, 4) is 0 Å². The Morgan fingerprint density at radius 3 is 1.00 bits per heavy atom. The minimum atomic E-state index is -1.56. The molecule has 0 N–H and O–H groups in total. The first-order valence-electron chi connectivity index (χ1n) is 6.25. The van der Waals surface area contributed by atoms with Crippen LogP contribution in [-0.4, -0.2) is 16.8 Å². The lowest BCUT2D eigenvalue weighted by atomic mass is 10.1. The van der Waals surface area contributed by atoms with E-state index in [1.165, 1.54) is 0 Å².